The summed E-state index contributed by atoms with van der Waals surface area (Å²) in [4.78, 5) is 48.5. The lowest BCUT2D eigenvalue weighted by Crippen LogP contribution is -2.18. The molecule has 1 aromatic carbocycles. The van der Waals surface area contributed by atoms with Crippen molar-refractivity contribution in [3.05, 3.63) is 46.4 Å². The number of fused-ring (bicyclic) bond motifs is 1. The van der Waals surface area contributed by atoms with Crippen molar-refractivity contribution in [2.75, 3.05) is 5.73 Å². The second-order valence-electron chi connectivity index (χ2n) is 6.69. The van der Waals surface area contributed by atoms with Gasteiger partial charge in [-0.3, -0.25) is 14.2 Å². The van der Waals surface area contributed by atoms with Gasteiger partial charge >= 0.3 is 5.69 Å². The van der Waals surface area contributed by atoms with Crippen LogP contribution in [0.5, 0.6) is 0 Å². The largest absolute Gasteiger partial charge is 0.382 e. The van der Waals surface area contributed by atoms with Crippen LogP contribution in [0.15, 0.2) is 44.6 Å². The summed E-state index contributed by atoms with van der Waals surface area (Å²) < 4.78 is 5.52. The Morgan fingerprint density at radius 1 is 1.20 bits per heavy atom. The Balaban J connectivity index is 2.12. The minimum atomic E-state index is -1.47. The van der Waals surface area contributed by atoms with Crippen molar-refractivity contribution in [3.63, 3.8) is 0 Å². The van der Waals surface area contributed by atoms with Gasteiger partial charge in [0, 0.05) is 23.5 Å². The van der Waals surface area contributed by atoms with Gasteiger partial charge in [0.1, 0.15) is 5.52 Å². The van der Waals surface area contributed by atoms with Gasteiger partial charge in [-0.15, -0.1) is 0 Å². The molecule has 0 radical (unpaired) electrons. The van der Waals surface area contributed by atoms with Gasteiger partial charge in [-0.25, -0.2) is 14.8 Å². The van der Waals surface area contributed by atoms with E-state index in [4.69, 9.17) is 5.73 Å². The van der Waals surface area contributed by atoms with Crippen molar-refractivity contribution in [3.8, 4) is 0 Å². The van der Waals surface area contributed by atoms with E-state index in [0.29, 0.717) is 11.9 Å². The van der Waals surface area contributed by atoms with Gasteiger partial charge in [-0.2, -0.15) is 4.36 Å². The number of aromatic nitrogens is 4. The molecule has 2 heterocycles. The fourth-order valence-corrected chi connectivity index (χ4v) is 4.15. The Bertz CT molecular complexity index is 1170. The molecule has 3 aromatic rings. The van der Waals surface area contributed by atoms with E-state index in [1.807, 2.05) is 37.3 Å². The molecule has 0 aliphatic heterocycles. The molecule has 0 saturated heterocycles. The first kappa shape index (κ1) is 21.6. The highest BCUT2D eigenvalue weighted by Crippen LogP contribution is 2.19. The summed E-state index contributed by atoms with van der Waals surface area (Å²) in [6.45, 7) is 3.94. The minimum Gasteiger partial charge on any atom is -0.382 e. The number of unbranched alkanes of at least 4 members (excludes halogenated alkanes) is 1. The molecule has 1 atom stereocenters. The second-order valence-corrected chi connectivity index (χ2v) is 8.26. The molecule has 0 fully saturated rings. The average Bonchev–Trinajstić information content (AvgIpc) is 3.06. The van der Waals surface area contributed by atoms with Crippen LogP contribution >= 0.6 is 0 Å². The van der Waals surface area contributed by atoms with Crippen LogP contribution < -0.4 is 11.4 Å². The number of nitrogen functional groups attached to an aromatic ring is 1. The number of anilines is 1. The maximum atomic E-state index is 12.5. The second kappa shape index (κ2) is 9.57. The lowest BCUT2D eigenvalue weighted by Gasteiger charge is -2.08. The summed E-state index contributed by atoms with van der Waals surface area (Å²) in [5, 5.41) is -0.205. The van der Waals surface area contributed by atoms with Crippen LogP contribution in [0.2, 0.25) is 0 Å². The van der Waals surface area contributed by atoms with Crippen LogP contribution in [0.1, 0.15) is 45.1 Å². The van der Waals surface area contributed by atoms with E-state index in [2.05, 4.69) is 19.3 Å². The van der Waals surface area contributed by atoms with E-state index >= 15 is 0 Å². The Hall–Kier alpha value is -3.14. The first-order valence-electron chi connectivity index (χ1n) is 9.76. The zero-order valence-corrected chi connectivity index (χ0v) is 17.7. The quantitative estimate of drug-likeness (QED) is 0.555. The summed E-state index contributed by atoms with van der Waals surface area (Å²) in [6.07, 6.45) is 1.98. The van der Waals surface area contributed by atoms with Crippen LogP contribution in [0.25, 0.3) is 11.2 Å². The Morgan fingerprint density at radius 3 is 2.60 bits per heavy atom. The third-order valence-electron chi connectivity index (χ3n) is 4.43. The molecule has 0 bridgehead atoms. The Morgan fingerprint density at radius 2 is 1.93 bits per heavy atom. The van der Waals surface area contributed by atoms with Crippen LogP contribution in [0, 0.1) is 0 Å². The molecule has 2 aromatic heterocycles. The number of amides is 1. The number of imidazole rings is 1. The lowest BCUT2D eigenvalue weighted by molar-refractivity contribution is -0.118. The summed E-state index contributed by atoms with van der Waals surface area (Å²) in [7, 11) is -1.47. The highest BCUT2D eigenvalue weighted by Gasteiger charge is 2.20. The lowest BCUT2D eigenvalue weighted by atomic mass is 10.2. The first-order valence-corrected chi connectivity index (χ1v) is 10.9. The van der Waals surface area contributed by atoms with Gasteiger partial charge in [-0.05, 0) is 12.0 Å². The van der Waals surface area contributed by atoms with Crippen molar-refractivity contribution in [2.24, 2.45) is 4.36 Å². The molecule has 1 amide bonds. The third kappa shape index (κ3) is 4.70. The predicted octanol–water partition coefficient (Wildman–Crippen LogP) is 2.56. The van der Waals surface area contributed by atoms with Crippen molar-refractivity contribution in [1.82, 2.24) is 19.5 Å². The summed E-state index contributed by atoms with van der Waals surface area (Å²) >= 11 is 0. The van der Waals surface area contributed by atoms with Crippen molar-refractivity contribution in [1.29, 1.82) is 0 Å². The van der Waals surface area contributed by atoms with Gasteiger partial charge in [0.15, 0.2) is 11.5 Å². The van der Waals surface area contributed by atoms with Crippen LogP contribution in [-0.2, 0) is 26.8 Å². The van der Waals surface area contributed by atoms with E-state index in [0.717, 1.165) is 12.0 Å². The maximum Gasteiger partial charge on any atom is 0.328 e. The molecule has 10 heteroatoms. The first-order chi connectivity index (χ1) is 14.4. The number of nitrogens with zero attached hydrogens (tertiary/aromatic N) is 4. The molecule has 158 valence electrons. The highest BCUT2D eigenvalue weighted by molar-refractivity contribution is 8.02. The number of aromatic amines is 1. The van der Waals surface area contributed by atoms with Gasteiger partial charge in [-0.1, -0.05) is 50.6 Å². The van der Waals surface area contributed by atoms with Gasteiger partial charge in [0.25, 0.3) is 5.91 Å². The van der Waals surface area contributed by atoms with E-state index in [9.17, 15) is 14.4 Å². The Kier molecular flexibility index (Phi) is 6.88. The number of nitrogens with two attached hydrogens (primary N) is 1. The number of carbonyl (C=O) groups is 2. The van der Waals surface area contributed by atoms with Crippen molar-refractivity contribution >= 4 is 38.7 Å². The van der Waals surface area contributed by atoms with Crippen LogP contribution in [-0.4, -0.2) is 30.5 Å². The highest BCUT2D eigenvalue weighted by atomic mass is 32.2. The monoisotopic (exact) mass is 428 g/mol. The zero-order chi connectivity index (χ0) is 21.7. The van der Waals surface area contributed by atoms with E-state index < -0.39 is 10.7 Å². The van der Waals surface area contributed by atoms with Crippen LogP contribution in [0.3, 0.4) is 0 Å². The van der Waals surface area contributed by atoms with E-state index in [1.54, 1.807) is 6.92 Å². The summed E-state index contributed by atoms with van der Waals surface area (Å²) in [5.74, 6) is -0.323. The smallest absolute Gasteiger partial charge is 0.328 e. The van der Waals surface area contributed by atoms with E-state index in [1.165, 1.54) is 4.57 Å². The summed E-state index contributed by atoms with van der Waals surface area (Å²) in [5.41, 5.74) is 7.15. The normalized spacial score (nSPS) is 12.3. The number of H-pyrrole nitrogens is 1. The predicted molar refractivity (Wildman–Crippen MR) is 116 cm³/mol. The minimum absolute atomic E-state index is 0.0384. The summed E-state index contributed by atoms with van der Waals surface area (Å²) in [6, 6.07) is 9.43. The number of benzene rings is 1. The molecule has 0 spiro atoms. The fraction of sp³-hybridized carbons (Fsp3) is 0.350. The maximum absolute atomic E-state index is 12.5. The molecule has 3 rings (SSSR count). The molecule has 0 saturated carbocycles. The SMILES string of the molecule is CCCCC(=O)N=S(C(=O)CC)c1nc(N)c2[nH]c(=O)n(Cc3ccccc3)c2n1. The van der Waals surface area contributed by atoms with Gasteiger partial charge in [0.2, 0.25) is 10.3 Å². The number of rotatable bonds is 7. The number of hydrogen-bond donors (Lipinski definition) is 2. The molecular formula is C20H24N6O3S. The Labute approximate surface area is 175 Å². The number of nitrogens with one attached hydrogen (secondary N) is 1. The molecular weight excluding hydrogens is 404 g/mol. The number of carbonyl (C=O) groups excluding carboxylic acids is 2. The van der Waals surface area contributed by atoms with E-state index in [-0.39, 0.29) is 52.7 Å². The molecule has 30 heavy (non-hydrogen) atoms. The van der Waals surface area contributed by atoms with Gasteiger partial charge < -0.3 is 10.7 Å². The van der Waals surface area contributed by atoms with Gasteiger partial charge in [0.05, 0.1) is 6.54 Å². The van der Waals surface area contributed by atoms with Crippen LogP contribution in [0.4, 0.5) is 5.82 Å². The molecule has 0 aliphatic carbocycles. The third-order valence-corrected chi connectivity index (χ3v) is 6.06. The standard InChI is InChI=1S/C20H24N6O3S/c1-3-5-11-14(27)25-30(15(28)4-2)19-23-17(21)16-18(24-19)26(20(29)22-16)12-13-9-7-6-8-10-13/h6-10H,3-5,11-12H2,1-2H3,(H,22,29)(H2,21,23,24). The van der Waals surface area contributed by atoms with Crippen molar-refractivity contribution in [2.45, 2.75) is 51.2 Å². The molecule has 1 unspecified atom stereocenters. The topological polar surface area (TPSA) is 136 Å². The molecule has 3 N–H and O–H groups in total. The zero-order valence-electron chi connectivity index (χ0n) is 16.9. The number of hydrogen-bond acceptors (Lipinski definition) is 6. The fourth-order valence-electron chi connectivity index (χ4n) is 2.84. The molecule has 9 nitrogen and oxygen atoms in total. The average molecular weight is 429 g/mol. The van der Waals surface area contributed by atoms with Crippen molar-refractivity contribution < 1.29 is 9.59 Å². The molecule has 0 aliphatic rings.